The highest BCUT2D eigenvalue weighted by atomic mass is 16.5. The standard InChI is InChI=1S/C24H25NO2/c1-3-4-9-22-23(19-11-10-17-7-5-6-8-18(17)16-19)25(24(22)26)20-12-14-21(27-2)15-13-20/h5-8,10-16,22-23H,3-4,9H2,1-2H3/t22-,23+/m1/s1. The van der Waals surface area contributed by atoms with E-state index in [1.165, 1.54) is 16.3 Å². The fourth-order valence-electron chi connectivity index (χ4n) is 4.06. The lowest BCUT2D eigenvalue weighted by atomic mass is 9.78. The minimum absolute atomic E-state index is 0.0632. The van der Waals surface area contributed by atoms with E-state index in [1.54, 1.807) is 7.11 Å². The van der Waals surface area contributed by atoms with Crippen LogP contribution in [0.5, 0.6) is 5.75 Å². The summed E-state index contributed by atoms with van der Waals surface area (Å²) in [6.45, 7) is 2.18. The number of hydrogen-bond donors (Lipinski definition) is 0. The molecule has 1 fully saturated rings. The number of carbonyl (C=O) groups is 1. The summed E-state index contributed by atoms with van der Waals surface area (Å²) in [6, 6.07) is 22.8. The molecular weight excluding hydrogens is 334 g/mol. The minimum Gasteiger partial charge on any atom is -0.497 e. The number of methoxy groups -OCH3 is 1. The van der Waals surface area contributed by atoms with Gasteiger partial charge >= 0.3 is 0 Å². The number of fused-ring (bicyclic) bond motifs is 1. The van der Waals surface area contributed by atoms with E-state index in [9.17, 15) is 4.79 Å². The molecule has 4 rings (SSSR count). The molecule has 0 bridgehead atoms. The van der Waals surface area contributed by atoms with Gasteiger partial charge in [0.1, 0.15) is 5.75 Å². The van der Waals surface area contributed by atoms with Crippen molar-refractivity contribution in [2.24, 2.45) is 5.92 Å². The molecule has 0 saturated carbocycles. The van der Waals surface area contributed by atoms with Crippen LogP contribution in [0.15, 0.2) is 66.7 Å². The van der Waals surface area contributed by atoms with E-state index in [1.807, 2.05) is 29.2 Å². The molecule has 138 valence electrons. The number of anilines is 1. The lowest BCUT2D eigenvalue weighted by Crippen LogP contribution is -2.55. The van der Waals surface area contributed by atoms with Gasteiger partial charge in [0.15, 0.2) is 0 Å². The molecule has 1 amide bonds. The van der Waals surface area contributed by atoms with Gasteiger partial charge in [-0.1, -0.05) is 56.2 Å². The van der Waals surface area contributed by atoms with Crippen LogP contribution in [0, 0.1) is 5.92 Å². The van der Waals surface area contributed by atoms with Crippen LogP contribution in [0.1, 0.15) is 37.8 Å². The van der Waals surface area contributed by atoms with Crippen LogP contribution in [-0.4, -0.2) is 13.0 Å². The third-order valence-electron chi connectivity index (χ3n) is 5.55. The van der Waals surface area contributed by atoms with Crippen LogP contribution in [0.2, 0.25) is 0 Å². The molecule has 0 radical (unpaired) electrons. The number of hydrogen-bond acceptors (Lipinski definition) is 2. The van der Waals surface area contributed by atoms with E-state index >= 15 is 0 Å². The molecule has 0 aliphatic carbocycles. The predicted molar refractivity (Wildman–Crippen MR) is 110 cm³/mol. The van der Waals surface area contributed by atoms with Gasteiger partial charge in [-0.2, -0.15) is 0 Å². The predicted octanol–water partition coefficient (Wildman–Crippen LogP) is 5.74. The Hall–Kier alpha value is -2.81. The summed E-state index contributed by atoms with van der Waals surface area (Å²) < 4.78 is 5.26. The monoisotopic (exact) mass is 359 g/mol. The quantitative estimate of drug-likeness (QED) is 0.525. The van der Waals surface area contributed by atoms with Crippen LogP contribution in [-0.2, 0) is 4.79 Å². The first kappa shape index (κ1) is 17.6. The van der Waals surface area contributed by atoms with Gasteiger partial charge < -0.3 is 9.64 Å². The first-order valence-electron chi connectivity index (χ1n) is 9.68. The van der Waals surface area contributed by atoms with Crippen molar-refractivity contribution < 1.29 is 9.53 Å². The summed E-state index contributed by atoms with van der Waals surface area (Å²) in [4.78, 5) is 14.9. The number of amides is 1. The molecule has 3 nitrogen and oxygen atoms in total. The highest BCUT2D eigenvalue weighted by Gasteiger charge is 2.48. The third kappa shape index (κ3) is 3.18. The summed E-state index contributed by atoms with van der Waals surface area (Å²) in [5.41, 5.74) is 2.15. The zero-order valence-electron chi connectivity index (χ0n) is 15.9. The zero-order valence-corrected chi connectivity index (χ0v) is 15.9. The number of benzene rings is 3. The molecule has 3 aromatic carbocycles. The molecule has 1 aliphatic heterocycles. The maximum Gasteiger partial charge on any atom is 0.233 e. The maximum atomic E-state index is 13.0. The van der Waals surface area contributed by atoms with Crippen LogP contribution < -0.4 is 9.64 Å². The Balaban J connectivity index is 1.71. The van der Waals surface area contributed by atoms with E-state index < -0.39 is 0 Å². The maximum absolute atomic E-state index is 13.0. The summed E-state index contributed by atoms with van der Waals surface area (Å²) in [7, 11) is 1.66. The van der Waals surface area contributed by atoms with Crippen LogP contribution in [0.3, 0.4) is 0 Å². The molecule has 0 aromatic heterocycles. The number of carbonyl (C=O) groups excluding carboxylic acids is 1. The second kappa shape index (κ2) is 7.43. The Bertz CT molecular complexity index is 948. The Morgan fingerprint density at radius 1 is 0.963 bits per heavy atom. The van der Waals surface area contributed by atoms with Crippen molar-refractivity contribution in [3.05, 3.63) is 72.3 Å². The van der Waals surface area contributed by atoms with Gasteiger partial charge in [0.25, 0.3) is 0 Å². The minimum atomic E-state index is 0.0632. The fraction of sp³-hybridized carbons (Fsp3) is 0.292. The first-order chi connectivity index (χ1) is 13.2. The summed E-state index contributed by atoms with van der Waals surface area (Å²) in [6.07, 6.45) is 3.13. The number of rotatable bonds is 6. The summed E-state index contributed by atoms with van der Waals surface area (Å²) in [5, 5.41) is 2.45. The molecule has 1 saturated heterocycles. The van der Waals surface area contributed by atoms with Crippen molar-refractivity contribution in [2.75, 3.05) is 12.0 Å². The zero-order chi connectivity index (χ0) is 18.8. The summed E-state index contributed by atoms with van der Waals surface area (Å²) in [5.74, 6) is 1.09. The van der Waals surface area contributed by atoms with Crippen molar-refractivity contribution in [1.29, 1.82) is 0 Å². The molecule has 2 atom stereocenters. The van der Waals surface area contributed by atoms with Gasteiger partial charge in [-0.05, 0) is 53.1 Å². The smallest absolute Gasteiger partial charge is 0.233 e. The summed E-state index contributed by atoms with van der Waals surface area (Å²) >= 11 is 0. The highest BCUT2D eigenvalue weighted by Crippen LogP contribution is 2.46. The van der Waals surface area contributed by atoms with Crippen molar-refractivity contribution in [3.63, 3.8) is 0 Å². The Morgan fingerprint density at radius 3 is 2.41 bits per heavy atom. The fourth-order valence-corrected chi connectivity index (χ4v) is 4.06. The van der Waals surface area contributed by atoms with Gasteiger partial charge in [-0.15, -0.1) is 0 Å². The molecule has 0 unspecified atom stereocenters. The lowest BCUT2D eigenvalue weighted by Gasteiger charge is -2.48. The lowest BCUT2D eigenvalue weighted by molar-refractivity contribution is -0.130. The Labute approximate surface area is 160 Å². The highest BCUT2D eigenvalue weighted by molar-refractivity contribution is 6.03. The molecule has 3 heteroatoms. The van der Waals surface area contributed by atoms with Gasteiger partial charge in [-0.3, -0.25) is 4.79 Å². The largest absolute Gasteiger partial charge is 0.497 e. The molecule has 27 heavy (non-hydrogen) atoms. The van der Waals surface area contributed by atoms with Gasteiger partial charge in [0, 0.05) is 5.69 Å². The average Bonchev–Trinajstić information content (AvgIpc) is 2.72. The Kier molecular flexibility index (Phi) is 4.85. The molecule has 0 spiro atoms. The molecule has 0 N–H and O–H groups in total. The molecular formula is C24H25NO2. The van der Waals surface area contributed by atoms with Crippen molar-refractivity contribution in [1.82, 2.24) is 0 Å². The van der Waals surface area contributed by atoms with Gasteiger partial charge in [0.2, 0.25) is 5.91 Å². The van der Waals surface area contributed by atoms with E-state index in [4.69, 9.17) is 4.74 Å². The molecule has 1 aliphatic rings. The van der Waals surface area contributed by atoms with Crippen LogP contribution in [0.25, 0.3) is 10.8 Å². The van der Waals surface area contributed by atoms with Crippen LogP contribution >= 0.6 is 0 Å². The van der Waals surface area contributed by atoms with Gasteiger partial charge in [-0.25, -0.2) is 0 Å². The number of ether oxygens (including phenoxy) is 1. The first-order valence-corrected chi connectivity index (χ1v) is 9.68. The number of unbranched alkanes of at least 4 members (excludes halogenated alkanes) is 1. The second-order valence-electron chi connectivity index (χ2n) is 7.21. The average molecular weight is 359 g/mol. The van der Waals surface area contributed by atoms with E-state index in [-0.39, 0.29) is 17.9 Å². The van der Waals surface area contributed by atoms with Gasteiger partial charge in [0.05, 0.1) is 19.1 Å². The Morgan fingerprint density at radius 2 is 1.70 bits per heavy atom. The molecule has 1 heterocycles. The topological polar surface area (TPSA) is 29.5 Å². The second-order valence-corrected chi connectivity index (χ2v) is 7.21. The van der Waals surface area contributed by atoms with E-state index in [2.05, 4.69) is 49.4 Å². The van der Waals surface area contributed by atoms with Crippen molar-refractivity contribution in [2.45, 2.75) is 32.2 Å². The van der Waals surface area contributed by atoms with Crippen molar-refractivity contribution >= 4 is 22.4 Å². The number of nitrogens with zero attached hydrogens (tertiary/aromatic N) is 1. The van der Waals surface area contributed by atoms with E-state index in [0.717, 1.165) is 30.7 Å². The molecule has 3 aromatic rings. The number of β-lactam (4-membered cyclic amide) rings is 1. The SMILES string of the molecule is CCCC[C@H]1C(=O)N(c2ccc(OC)cc2)[C@H]1c1ccc2ccccc2c1. The van der Waals surface area contributed by atoms with Crippen LogP contribution in [0.4, 0.5) is 5.69 Å². The normalized spacial score (nSPS) is 19.2. The van der Waals surface area contributed by atoms with E-state index in [0.29, 0.717) is 0 Å². The third-order valence-corrected chi connectivity index (χ3v) is 5.55. The van der Waals surface area contributed by atoms with Crippen molar-refractivity contribution in [3.8, 4) is 5.75 Å².